The zero-order valence-electron chi connectivity index (χ0n) is 22.9. The van der Waals surface area contributed by atoms with E-state index in [1.54, 1.807) is 0 Å². The summed E-state index contributed by atoms with van der Waals surface area (Å²) in [6.07, 6.45) is 4.73. The molecule has 1 aliphatic heterocycles. The van der Waals surface area contributed by atoms with Crippen LogP contribution in [-0.2, 0) is 38.8 Å². The molecule has 1 fully saturated rings. The maximum absolute atomic E-state index is 6.72. The van der Waals surface area contributed by atoms with Crippen LogP contribution in [0.3, 0.4) is 0 Å². The SMILES string of the molecule is CC(C)/C=C/[C@H](C)[C@@H]1C[C@@H](OCc2ccccc2)[C@H](OCc2ccccc2)[C@@H](COCc2ccccc2)O1. The van der Waals surface area contributed by atoms with E-state index in [-0.39, 0.29) is 30.3 Å². The zero-order valence-corrected chi connectivity index (χ0v) is 22.9. The summed E-state index contributed by atoms with van der Waals surface area (Å²) >= 11 is 0. The Bertz CT molecular complexity index is 1070. The molecule has 202 valence electrons. The molecule has 3 aromatic rings. The van der Waals surface area contributed by atoms with Crippen molar-refractivity contribution in [3.05, 3.63) is 120 Å². The van der Waals surface area contributed by atoms with Gasteiger partial charge in [0.2, 0.25) is 0 Å². The summed E-state index contributed by atoms with van der Waals surface area (Å²) in [5.74, 6) is 0.755. The number of ether oxygens (including phenoxy) is 4. The van der Waals surface area contributed by atoms with Gasteiger partial charge in [-0.3, -0.25) is 0 Å². The molecule has 0 radical (unpaired) electrons. The van der Waals surface area contributed by atoms with E-state index in [2.05, 4.69) is 69.3 Å². The van der Waals surface area contributed by atoms with Gasteiger partial charge in [0, 0.05) is 12.3 Å². The lowest BCUT2D eigenvalue weighted by atomic mass is 9.90. The average molecular weight is 515 g/mol. The second-order valence-electron chi connectivity index (χ2n) is 10.5. The highest BCUT2D eigenvalue weighted by Crippen LogP contribution is 2.31. The van der Waals surface area contributed by atoms with Gasteiger partial charge in [-0.1, -0.05) is 124 Å². The molecule has 4 heteroatoms. The third-order valence-corrected chi connectivity index (χ3v) is 6.92. The Hall–Kier alpha value is -2.76. The van der Waals surface area contributed by atoms with Crippen molar-refractivity contribution in [3.8, 4) is 0 Å². The highest BCUT2D eigenvalue weighted by Gasteiger charge is 2.41. The summed E-state index contributed by atoms with van der Waals surface area (Å²) in [6.45, 7) is 8.64. The molecule has 38 heavy (non-hydrogen) atoms. The van der Waals surface area contributed by atoms with E-state index >= 15 is 0 Å². The fraction of sp³-hybridized carbons (Fsp3) is 0.412. The van der Waals surface area contributed by atoms with Crippen molar-refractivity contribution in [3.63, 3.8) is 0 Å². The van der Waals surface area contributed by atoms with Crippen molar-refractivity contribution in [2.75, 3.05) is 6.61 Å². The molecule has 1 heterocycles. The fourth-order valence-corrected chi connectivity index (χ4v) is 4.74. The summed E-state index contributed by atoms with van der Waals surface area (Å²) in [6, 6.07) is 30.9. The van der Waals surface area contributed by atoms with Crippen molar-refractivity contribution >= 4 is 0 Å². The third-order valence-electron chi connectivity index (χ3n) is 6.92. The minimum Gasteiger partial charge on any atom is -0.374 e. The lowest BCUT2D eigenvalue weighted by Crippen LogP contribution is -2.53. The smallest absolute Gasteiger partial charge is 0.113 e. The second-order valence-corrected chi connectivity index (χ2v) is 10.5. The minimum absolute atomic E-state index is 0.0210. The third kappa shape index (κ3) is 8.92. The Morgan fingerprint density at radius 3 is 1.79 bits per heavy atom. The molecule has 0 saturated carbocycles. The Morgan fingerprint density at radius 2 is 1.24 bits per heavy atom. The van der Waals surface area contributed by atoms with Gasteiger partial charge < -0.3 is 18.9 Å². The maximum Gasteiger partial charge on any atom is 0.113 e. The van der Waals surface area contributed by atoms with Crippen LogP contribution in [0.2, 0.25) is 0 Å². The molecule has 0 unspecified atom stereocenters. The molecule has 0 N–H and O–H groups in total. The van der Waals surface area contributed by atoms with E-state index in [4.69, 9.17) is 18.9 Å². The first-order valence-corrected chi connectivity index (χ1v) is 13.8. The van der Waals surface area contributed by atoms with E-state index in [1.165, 1.54) is 0 Å². The van der Waals surface area contributed by atoms with E-state index in [9.17, 15) is 0 Å². The molecule has 0 bridgehead atoms. The highest BCUT2D eigenvalue weighted by molar-refractivity contribution is 5.15. The molecule has 0 aromatic heterocycles. The molecule has 5 atom stereocenters. The van der Waals surface area contributed by atoms with Crippen LogP contribution in [0, 0.1) is 11.8 Å². The molecule has 3 aromatic carbocycles. The van der Waals surface area contributed by atoms with Crippen LogP contribution in [0.4, 0.5) is 0 Å². The van der Waals surface area contributed by atoms with Gasteiger partial charge >= 0.3 is 0 Å². The van der Waals surface area contributed by atoms with E-state index in [0.29, 0.717) is 32.3 Å². The van der Waals surface area contributed by atoms with Gasteiger partial charge in [0.05, 0.1) is 38.6 Å². The van der Waals surface area contributed by atoms with Gasteiger partial charge in [0.25, 0.3) is 0 Å². The van der Waals surface area contributed by atoms with E-state index in [0.717, 1.165) is 23.1 Å². The van der Waals surface area contributed by atoms with Crippen molar-refractivity contribution in [2.45, 2.75) is 71.4 Å². The van der Waals surface area contributed by atoms with Crippen LogP contribution in [0.5, 0.6) is 0 Å². The van der Waals surface area contributed by atoms with Crippen LogP contribution in [0.25, 0.3) is 0 Å². The lowest BCUT2D eigenvalue weighted by Gasteiger charge is -2.43. The standard InChI is InChI=1S/C34H42O4/c1-26(2)19-20-27(3)31-21-32(36-23-29-15-9-5-10-16-29)34(37-24-30-17-11-6-12-18-30)33(38-31)25-35-22-28-13-7-4-8-14-28/h4-20,26-27,31-34H,21-25H2,1-3H3/b20-19+/t27-,31-,32+,33+,34-/m0/s1. The van der Waals surface area contributed by atoms with Gasteiger partial charge in [0.1, 0.15) is 12.2 Å². The van der Waals surface area contributed by atoms with Gasteiger partial charge in [-0.25, -0.2) is 0 Å². The number of hydrogen-bond donors (Lipinski definition) is 0. The predicted molar refractivity (Wildman–Crippen MR) is 153 cm³/mol. The predicted octanol–water partition coefficient (Wildman–Crippen LogP) is 7.38. The first-order chi connectivity index (χ1) is 18.6. The summed E-state index contributed by atoms with van der Waals surface area (Å²) in [7, 11) is 0. The first kappa shape index (κ1) is 28.3. The Balaban J connectivity index is 1.52. The van der Waals surface area contributed by atoms with Gasteiger partial charge in [-0.2, -0.15) is 0 Å². The molecular formula is C34H42O4. The molecule has 1 saturated heterocycles. The molecule has 4 nitrogen and oxygen atoms in total. The van der Waals surface area contributed by atoms with E-state index < -0.39 is 0 Å². The minimum atomic E-state index is -0.243. The van der Waals surface area contributed by atoms with Gasteiger partial charge in [-0.15, -0.1) is 0 Å². The summed E-state index contributed by atoms with van der Waals surface area (Å²) < 4.78 is 26.1. The Kier molecular flexibility index (Phi) is 11.1. The van der Waals surface area contributed by atoms with Crippen LogP contribution in [0.15, 0.2) is 103 Å². The topological polar surface area (TPSA) is 36.9 Å². The van der Waals surface area contributed by atoms with Crippen molar-refractivity contribution in [1.29, 1.82) is 0 Å². The molecule has 4 rings (SSSR count). The monoisotopic (exact) mass is 514 g/mol. The van der Waals surface area contributed by atoms with Crippen LogP contribution in [-0.4, -0.2) is 31.0 Å². The second kappa shape index (κ2) is 15.0. The van der Waals surface area contributed by atoms with Crippen molar-refractivity contribution in [1.82, 2.24) is 0 Å². The lowest BCUT2D eigenvalue weighted by molar-refractivity contribution is -0.225. The molecular weight excluding hydrogens is 472 g/mol. The fourth-order valence-electron chi connectivity index (χ4n) is 4.74. The largest absolute Gasteiger partial charge is 0.374 e. The van der Waals surface area contributed by atoms with Gasteiger partial charge in [-0.05, 0) is 22.6 Å². The number of hydrogen-bond acceptors (Lipinski definition) is 4. The quantitative estimate of drug-likeness (QED) is 0.223. The Morgan fingerprint density at radius 1 is 0.711 bits per heavy atom. The normalized spacial score (nSPS) is 22.6. The average Bonchev–Trinajstić information content (AvgIpc) is 2.95. The number of benzene rings is 3. The van der Waals surface area contributed by atoms with Crippen molar-refractivity contribution in [2.24, 2.45) is 11.8 Å². The molecule has 0 aliphatic carbocycles. The van der Waals surface area contributed by atoms with Gasteiger partial charge in [0.15, 0.2) is 0 Å². The number of allylic oxidation sites excluding steroid dienone is 1. The number of rotatable bonds is 13. The highest BCUT2D eigenvalue weighted by atomic mass is 16.6. The summed E-state index contributed by atoms with van der Waals surface area (Å²) in [5.41, 5.74) is 3.43. The molecule has 1 aliphatic rings. The van der Waals surface area contributed by atoms with Crippen LogP contribution in [0.1, 0.15) is 43.9 Å². The summed E-state index contributed by atoms with van der Waals surface area (Å²) in [5, 5.41) is 0. The zero-order chi connectivity index (χ0) is 26.6. The van der Waals surface area contributed by atoms with Crippen LogP contribution < -0.4 is 0 Å². The molecule has 0 amide bonds. The Labute approximate surface area is 228 Å². The van der Waals surface area contributed by atoms with Crippen LogP contribution >= 0.6 is 0 Å². The van der Waals surface area contributed by atoms with Crippen molar-refractivity contribution < 1.29 is 18.9 Å². The van der Waals surface area contributed by atoms with E-state index in [1.807, 2.05) is 54.6 Å². The maximum atomic E-state index is 6.72. The first-order valence-electron chi connectivity index (χ1n) is 13.8. The molecule has 0 spiro atoms. The summed E-state index contributed by atoms with van der Waals surface area (Å²) in [4.78, 5) is 0.